The van der Waals surface area contributed by atoms with Gasteiger partial charge in [-0.1, -0.05) is 72.8 Å². The van der Waals surface area contributed by atoms with E-state index in [1.54, 1.807) is 0 Å². The third-order valence-electron chi connectivity index (χ3n) is 4.57. The summed E-state index contributed by atoms with van der Waals surface area (Å²) < 4.78 is 0. The quantitative estimate of drug-likeness (QED) is 0.477. The molecule has 0 saturated carbocycles. The molecular weight excluding hydrogens is 290 g/mol. The molecule has 0 aliphatic carbocycles. The molecule has 0 N–H and O–H groups in total. The standard InChI is InChI=1S/C23H19N/c1-2-7-20(8-3-1)23(16-18-12-14-24-15-13-18)22-11-10-19-6-4-5-9-21(19)17-22/h1-15,17,23H,16H2. The summed E-state index contributed by atoms with van der Waals surface area (Å²) in [7, 11) is 0. The van der Waals surface area contributed by atoms with Crippen LogP contribution >= 0.6 is 0 Å². The van der Waals surface area contributed by atoms with Crippen molar-refractivity contribution in [1.29, 1.82) is 0 Å². The molecular formula is C23H19N. The van der Waals surface area contributed by atoms with Crippen LogP contribution in [-0.2, 0) is 6.42 Å². The summed E-state index contributed by atoms with van der Waals surface area (Å²) in [5.74, 6) is 0.346. The van der Waals surface area contributed by atoms with E-state index in [2.05, 4.69) is 89.9 Å². The van der Waals surface area contributed by atoms with E-state index in [9.17, 15) is 0 Å². The summed E-state index contributed by atoms with van der Waals surface area (Å²) in [5.41, 5.74) is 4.02. The van der Waals surface area contributed by atoms with Gasteiger partial charge in [0.05, 0.1) is 0 Å². The van der Waals surface area contributed by atoms with Crippen LogP contribution in [0.2, 0.25) is 0 Å². The molecule has 4 rings (SSSR count). The van der Waals surface area contributed by atoms with E-state index in [0.717, 1.165) is 6.42 Å². The second-order valence-electron chi connectivity index (χ2n) is 6.13. The molecule has 3 aromatic carbocycles. The summed E-state index contributed by atoms with van der Waals surface area (Å²) in [6, 6.07) is 30.4. The Morgan fingerprint density at radius 2 is 1.33 bits per heavy atom. The van der Waals surface area contributed by atoms with Gasteiger partial charge in [-0.2, -0.15) is 0 Å². The van der Waals surface area contributed by atoms with Crippen molar-refractivity contribution in [3.63, 3.8) is 0 Å². The fraction of sp³-hybridized carbons (Fsp3) is 0.0870. The summed E-state index contributed by atoms with van der Waals surface area (Å²) in [6.07, 6.45) is 4.72. The van der Waals surface area contributed by atoms with Crippen LogP contribution in [0.5, 0.6) is 0 Å². The van der Waals surface area contributed by atoms with Gasteiger partial charge in [0.15, 0.2) is 0 Å². The Labute approximate surface area is 142 Å². The first-order valence-corrected chi connectivity index (χ1v) is 8.33. The first-order valence-electron chi connectivity index (χ1n) is 8.33. The maximum absolute atomic E-state index is 4.14. The van der Waals surface area contributed by atoms with Crippen LogP contribution in [0, 0.1) is 0 Å². The Kier molecular flexibility index (Phi) is 4.07. The molecule has 1 heteroatoms. The third-order valence-corrected chi connectivity index (χ3v) is 4.57. The van der Waals surface area contributed by atoms with Gasteiger partial charge in [0.25, 0.3) is 0 Å². The van der Waals surface area contributed by atoms with Crippen molar-refractivity contribution in [1.82, 2.24) is 4.98 Å². The van der Waals surface area contributed by atoms with Gasteiger partial charge in [-0.05, 0) is 46.0 Å². The molecule has 1 nitrogen and oxygen atoms in total. The predicted molar refractivity (Wildman–Crippen MR) is 100 cm³/mol. The van der Waals surface area contributed by atoms with E-state index in [4.69, 9.17) is 0 Å². The number of pyridine rings is 1. The van der Waals surface area contributed by atoms with E-state index < -0.39 is 0 Å². The fourth-order valence-electron chi connectivity index (χ4n) is 3.29. The zero-order valence-electron chi connectivity index (χ0n) is 13.5. The van der Waals surface area contributed by atoms with E-state index in [0.29, 0.717) is 5.92 Å². The van der Waals surface area contributed by atoms with E-state index in [1.807, 2.05) is 12.4 Å². The normalized spacial score (nSPS) is 12.2. The van der Waals surface area contributed by atoms with Crippen LogP contribution in [0.15, 0.2) is 97.3 Å². The fourth-order valence-corrected chi connectivity index (χ4v) is 3.29. The largest absolute Gasteiger partial charge is 0.265 e. The van der Waals surface area contributed by atoms with Crippen molar-refractivity contribution in [2.45, 2.75) is 12.3 Å². The van der Waals surface area contributed by atoms with E-state index in [1.165, 1.54) is 27.5 Å². The molecule has 0 fully saturated rings. The molecule has 4 aromatic rings. The smallest absolute Gasteiger partial charge is 0.0270 e. The number of hydrogen-bond donors (Lipinski definition) is 0. The lowest BCUT2D eigenvalue weighted by molar-refractivity contribution is 0.805. The molecule has 1 heterocycles. The molecule has 0 radical (unpaired) electrons. The van der Waals surface area contributed by atoms with Crippen molar-refractivity contribution in [2.75, 3.05) is 0 Å². The van der Waals surface area contributed by atoms with Crippen molar-refractivity contribution < 1.29 is 0 Å². The summed E-state index contributed by atoms with van der Waals surface area (Å²) in [6.45, 7) is 0. The molecule has 0 aliphatic heterocycles. The maximum Gasteiger partial charge on any atom is 0.0270 e. The molecule has 0 saturated heterocycles. The maximum atomic E-state index is 4.14. The molecule has 0 spiro atoms. The van der Waals surface area contributed by atoms with Gasteiger partial charge < -0.3 is 0 Å². The van der Waals surface area contributed by atoms with Crippen molar-refractivity contribution in [3.8, 4) is 0 Å². The highest BCUT2D eigenvalue weighted by Crippen LogP contribution is 2.30. The first kappa shape index (κ1) is 14.6. The van der Waals surface area contributed by atoms with Crippen LogP contribution < -0.4 is 0 Å². The number of hydrogen-bond acceptors (Lipinski definition) is 1. The molecule has 0 aliphatic rings. The Morgan fingerprint density at radius 3 is 2.12 bits per heavy atom. The Bertz CT molecular complexity index is 929. The summed E-state index contributed by atoms with van der Waals surface area (Å²) in [5, 5.41) is 2.59. The van der Waals surface area contributed by atoms with Crippen LogP contribution in [0.4, 0.5) is 0 Å². The predicted octanol–water partition coefficient (Wildman–Crippen LogP) is 5.61. The van der Waals surface area contributed by atoms with E-state index >= 15 is 0 Å². The van der Waals surface area contributed by atoms with Gasteiger partial charge in [0.1, 0.15) is 0 Å². The van der Waals surface area contributed by atoms with E-state index in [-0.39, 0.29) is 0 Å². The highest BCUT2D eigenvalue weighted by atomic mass is 14.6. The zero-order valence-corrected chi connectivity index (χ0v) is 13.5. The van der Waals surface area contributed by atoms with Gasteiger partial charge in [0, 0.05) is 18.3 Å². The van der Waals surface area contributed by atoms with Crippen LogP contribution in [-0.4, -0.2) is 4.98 Å². The third kappa shape index (κ3) is 3.07. The molecule has 1 unspecified atom stereocenters. The Hall–Kier alpha value is -2.93. The average Bonchev–Trinajstić information content (AvgIpc) is 2.67. The summed E-state index contributed by atoms with van der Waals surface area (Å²) in [4.78, 5) is 4.14. The molecule has 0 amide bonds. The monoisotopic (exact) mass is 309 g/mol. The number of rotatable bonds is 4. The van der Waals surface area contributed by atoms with Gasteiger partial charge in [0.2, 0.25) is 0 Å². The lowest BCUT2D eigenvalue weighted by atomic mass is 9.85. The molecule has 1 aromatic heterocycles. The molecule has 0 bridgehead atoms. The highest BCUT2D eigenvalue weighted by molar-refractivity contribution is 5.83. The van der Waals surface area contributed by atoms with Gasteiger partial charge in [-0.15, -0.1) is 0 Å². The number of benzene rings is 3. The number of nitrogens with zero attached hydrogens (tertiary/aromatic N) is 1. The molecule has 1 atom stereocenters. The topological polar surface area (TPSA) is 12.9 Å². The zero-order chi connectivity index (χ0) is 16.2. The van der Waals surface area contributed by atoms with Gasteiger partial charge in [-0.3, -0.25) is 4.98 Å². The molecule has 116 valence electrons. The Balaban J connectivity index is 1.78. The second kappa shape index (κ2) is 6.67. The lowest BCUT2D eigenvalue weighted by Gasteiger charge is -2.19. The Morgan fingerprint density at radius 1 is 0.625 bits per heavy atom. The van der Waals surface area contributed by atoms with Gasteiger partial charge >= 0.3 is 0 Å². The highest BCUT2D eigenvalue weighted by Gasteiger charge is 2.15. The van der Waals surface area contributed by atoms with Crippen molar-refractivity contribution in [3.05, 3.63) is 114 Å². The van der Waals surface area contributed by atoms with Crippen LogP contribution in [0.3, 0.4) is 0 Å². The second-order valence-corrected chi connectivity index (χ2v) is 6.13. The summed E-state index contributed by atoms with van der Waals surface area (Å²) >= 11 is 0. The minimum absolute atomic E-state index is 0.346. The van der Waals surface area contributed by atoms with Crippen molar-refractivity contribution in [2.24, 2.45) is 0 Å². The minimum Gasteiger partial charge on any atom is -0.265 e. The van der Waals surface area contributed by atoms with Crippen molar-refractivity contribution >= 4 is 10.8 Å². The number of aromatic nitrogens is 1. The minimum atomic E-state index is 0.346. The van der Waals surface area contributed by atoms with Gasteiger partial charge in [-0.25, -0.2) is 0 Å². The lowest BCUT2D eigenvalue weighted by Crippen LogP contribution is -2.05. The molecule has 24 heavy (non-hydrogen) atoms. The van der Waals surface area contributed by atoms with Crippen LogP contribution in [0.25, 0.3) is 10.8 Å². The number of fused-ring (bicyclic) bond motifs is 1. The van der Waals surface area contributed by atoms with Crippen LogP contribution in [0.1, 0.15) is 22.6 Å². The SMILES string of the molecule is c1ccc(C(Cc2ccncc2)c2ccc3ccccc3c2)cc1. The first-order chi connectivity index (χ1) is 11.9. The average molecular weight is 309 g/mol.